The van der Waals surface area contributed by atoms with Gasteiger partial charge in [0, 0.05) is 23.3 Å². The van der Waals surface area contributed by atoms with Gasteiger partial charge in [0.05, 0.1) is 18.3 Å². The van der Waals surface area contributed by atoms with Gasteiger partial charge in [0.15, 0.2) is 0 Å². The topological polar surface area (TPSA) is 71.5 Å². The molecular weight excluding hydrogens is 347 g/mol. The number of hydrogen-bond acceptors (Lipinski definition) is 3. The van der Waals surface area contributed by atoms with E-state index in [1.54, 1.807) is 12.1 Å². The minimum Gasteiger partial charge on any atom is -0.459 e. The third-order valence-corrected chi connectivity index (χ3v) is 4.71. The SMILES string of the molecule is [C-]#[N+]c1cncc(NC(=O)N[C@H](c2oc3ccc(F)cc3c2C)C2CC2)c1. The Kier molecular flexibility index (Phi) is 4.24. The molecule has 1 aliphatic carbocycles. The van der Waals surface area contributed by atoms with Crippen molar-refractivity contribution < 1.29 is 13.6 Å². The molecule has 0 saturated heterocycles. The molecule has 1 atom stereocenters. The second-order valence-corrected chi connectivity index (χ2v) is 6.69. The van der Waals surface area contributed by atoms with Crippen molar-refractivity contribution >= 4 is 28.4 Å². The van der Waals surface area contributed by atoms with Crippen molar-refractivity contribution in [2.75, 3.05) is 5.32 Å². The quantitative estimate of drug-likeness (QED) is 0.633. The number of carbonyl (C=O) groups is 1. The van der Waals surface area contributed by atoms with E-state index in [0.717, 1.165) is 18.4 Å². The molecule has 2 aromatic heterocycles. The average Bonchev–Trinajstić information content (AvgIpc) is 3.45. The summed E-state index contributed by atoms with van der Waals surface area (Å²) in [6.45, 7) is 8.90. The third-order valence-electron chi connectivity index (χ3n) is 4.71. The Labute approximate surface area is 155 Å². The Hall–Kier alpha value is -3.40. The first kappa shape index (κ1) is 17.0. The number of rotatable bonds is 4. The zero-order chi connectivity index (χ0) is 19.0. The number of carbonyl (C=O) groups excluding carboxylic acids is 1. The van der Waals surface area contributed by atoms with Crippen LogP contribution in [0.2, 0.25) is 0 Å². The van der Waals surface area contributed by atoms with Gasteiger partial charge in [-0.2, -0.15) is 0 Å². The zero-order valence-corrected chi connectivity index (χ0v) is 14.6. The number of halogens is 1. The number of anilines is 1. The molecule has 27 heavy (non-hydrogen) atoms. The molecule has 1 aromatic carbocycles. The average molecular weight is 364 g/mol. The van der Waals surface area contributed by atoms with E-state index in [1.165, 1.54) is 24.5 Å². The van der Waals surface area contributed by atoms with Crippen LogP contribution in [-0.4, -0.2) is 11.0 Å². The number of fused-ring (bicyclic) bond motifs is 1. The zero-order valence-electron chi connectivity index (χ0n) is 14.6. The van der Waals surface area contributed by atoms with Crippen molar-refractivity contribution in [3.63, 3.8) is 0 Å². The highest BCUT2D eigenvalue weighted by Crippen LogP contribution is 2.44. The van der Waals surface area contributed by atoms with E-state index in [-0.39, 0.29) is 17.8 Å². The van der Waals surface area contributed by atoms with E-state index in [2.05, 4.69) is 20.5 Å². The fourth-order valence-electron chi connectivity index (χ4n) is 3.20. The lowest BCUT2D eigenvalue weighted by Crippen LogP contribution is -2.33. The standard InChI is InChI=1S/C20H17FN4O2/c1-11-16-7-13(21)5-6-17(16)27-19(11)18(12-3-4-12)25-20(26)24-15-8-14(22-2)9-23-10-15/h5-10,12,18H,3-4H2,1H3,(H2,24,25,26)/t18-/m0/s1. The third kappa shape index (κ3) is 3.47. The van der Waals surface area contributed by atoms with Gasteiger partial charge >= 0.3 is 6.03 Å². The number of urea groups is 1. The van der Waals surface area contributed by atoms with E-state index >= 15 is 0 Å². The first-order valence-electron chi connectivity index (χ1n) is 8.63. The maximum absolute atomic E-state index is 13.6. The van der Waals surface area contributed by atoms with Gasteiger partial charge in [-0.1, -0.05) is 0 Å². The van der Waals surface area contributed by atoms with Crippen molar-refractivity contribution in [1.29, 1.82) is 0 Å². The number of aromatic nitrogens is 1. The van der Waals surface area contributed by atoms with Crippen LogP contribution in [0.3, 0.4) is 0 Å². The number of hydrogen-bond donors (Lipinski definition) is 2. The van der Waals surface area contributed by atoms with Crippen molar-refractivity contribution in [3.8, 4) is 0 Å². The van der Waals surface area contributed by atoms with Gasteiger partial charge < -0.3 is 15.1 Å². The number of nitrogens with one attached hydrogen (secondary N) is 2. The molecule has 136 valence electrons. The Morgan fingerprint density at radius 1 is 1.37 bits per heavy atom. The fraction of sp³-hybridized carbons (Fsp3) is 0.250. The number of nitrogens with zero attached hydrogens (tertiary/aromatic N) is 2. The van der Waals surface area contributed by atoms with E-state index in [1.807, 2.05) is 6.92 Å². The molecule has 2 N–H and O–H groups in total. The van der Waals surface area contributed by atoms with Crippen LogP contribution in [0.4, 0.5) is 20.6 Å². The summed E-state index contributed by atoms with van der Waals surface area (Å²) in [5.74, 6) is 0.618. The predicted molar refractivity (Wildman–Crippen MR) is 99.0 cm³/mol. The molecule has 1 fully saturated rings. The highest BCUT2D eigenvalue weighted by atomic mass is 19.1. The number of furan rings is 1. The molecule has 0 spiro atoms. The number of pyridine rings is 1. The van der Waals surface area contributed by atoms with Crippen molar-refractivity contribution in [1.82, 2.24) is 10.3 Å². The van der Waals surface area contributed by atoms with E-state index < -0.39 is 6.03 Å². The lowest BCUT2D eigenvalue weighted by Gasteiger charge is -2.17. The minimum absolute atomic E-state index is 0.285. The summed E-state index contributed by atoms with van der Waals surface area (Å²) in [5.41, 5.74) is 2.23. The normalized spacial score (nSPS) is 14.6. The van der Waals surface area contributed by atoms with Crippen LogP contribution in [0.5, 0.6) is 0 Å². The molecule has 0 bridgehead atoms. The maximum atomic E-state index is 13.6. The maximum Gasteiger partial charge on any atom is 0.319 e. The lowest BCUT2D eigenvalue weighted by atomic mass is 10.0. The summed E-state index contributed by atoms with van der Waals surface area (Å²) in [5, 5.41) is 6.37. The fourth-order valence-corrected chi connectivity index (χ4v) is 3.20. The smallest absolute Gasteiger partial charge is 0.319 e. The largest absolute Gasteiger partial charge is 0.459 e. The van der Waals surface area contributed by atoms with Gasteiger partial charge in [-0.15, -0.1) is 0 Å². The lowest BCUT2D eigenvalue weighted by molar-refractivity contribution is 0.244. The van der Waals surface area contributed by atoms with Crippen molar-refractivity contribution in [3.05, 3.63) is 65.2 Å². The van der Waals surface area contributed by atoms with Crippen LogP contribution in [0.25, 0.3) is 15.8 Å². The molecule has 0 unspecified atom stereocenters. The molecule has 2 amide bonds. The van der Waals surface area contributed by atoms with E-state index in [9.17, 15) is 9.18 Å². The summed E-state index contributed by atoms with van der Waals surface area (Å²) in [6, 6.07) is 5.27. The number of amides is 2. The van der Waals surface area contributed by atoms with E-state index in [4.69, 9.17) is 11.0 Å². The number of benzene rings is 1. The molecule has 7 heteroatoms. The molecule has 6 nitrogen and oxygen atoms in total. The van der Waals surface area contributed by atoms with Crippen LogP contribution in [0.1, 0.15) is 30.2 Å². The minimum atomic E-state index is -0.401. The molecular formula is C20H17FN4O2. The highest BCUT2D eigenvalue weighted by Gasteiger charge is 2.37. The van der Waals surface area contributed by atoms with Crippen LogP contribution in [0.15, 0.2) is 41.1 Å². The van der Waals surface area contributed by atoms with Crippen LogP contribution < -0.4 is 10.6 Å². The van der Waals surface area contributed by atoms with Crippen LogP contribution in [-0.2, 0) is 0 Å². The first-order valence-corrected chi connectivity index (χ1v) is 8.63. The molecule has 0 radical (unpaired) electrons. The molecule has 1 saturated carbocycles. The van der Waals surface area contributed by atoms with Gasteiger partial charge in [-0.3, -0.25) is 4.98 Å². The van der Waals surface area contributed by atoms with Gasteiger partial charge in [-0.05, 0) is 49.9 Å². The van der Waals surface area contributed by atoms with Crippen LogP contribution in [0, 0.1) is 25.2 Å². The summed E-state index contributed by atoms with van der Waals surface area (Å²) in [6.07, 6.45) is 4.89. The molecule has 2 heterocycles. The van der Waals surface area contributed by atoms with Gasteiger partial charge in [0.25, 0.3) is 0 Å². The molecule has 1 aliphatic rings. The Balaban J connectivity index is 1.58. The molecule has 4 rings (SSSR count). The monoisotopic (exact) mass is 364 g/mol. The Morgan fingerprint density at radius 3 is 2.93 bits per heavy atom. The summed E-state index contributed by atoms with van der Waals surface area (Å²) in [7, 11) is 0. The van der Waals surface area contributed by atoms with E-state index in [0.29, 0.717) is 28.1 Å². The predicted octanol–water partition coefficient (Wildman–Crippen LogP) is 5.10. The second-order valence-electron chi connectivity index (χ2n) is 6.69. The van der Waals surface area contributed by atoms with Gasteiger partial charge in [0.1, 0.15) is 17.2 Å². The van der Waals surface area contributed by atoms with Crippen LogP contribution >= 0.6 is 0 Å². The van der Waals surface area contributed by atoms with Gasteiger partial charge in [0.2, 0.25) is 5.69 Å². The Morgan fingerprint density at radius 2 is 2.19 bits per heavy atom. The summed E-state index contributed by atoms with van der Waals surface area (Å²) < 4.78 is 19.5. The highest BCUT2D eigenvalue weighted by molar-refractivity contribution is 5.90. The molecule has 3 aromatic rings. The number of aryl methyl sites for hydroxylation is 1. The molecule has 0 aliphatic heterocycles. The Bertz CT molecular complexity index is 1070. The van der Waals surface area contributed by atoms with Gasteiger partial charge in [-0.25, -0.2) is 14.0 Å². The van der Waals surface area contributed by atoms with Crippen molar-refractivity contribution in [2.24, 2.45) is 5.92 Å². The first-order chi connectivity index (χ1) is 13.0. The summed E-state index contributed by atoms with van der Waals surface area (Å²) in [4.78, 5) is 19.7. The summed E-state index contributed by atoms with van der Waals surface area (Å²) >= 11 is 0. The van der Waals surface area contributed by atoms with Crippen molar-refractivity contribution in [2.45, 2.75) is 25.8 Å². The second kappa shape index (κ2) is 6.72.